The number of hydrogen-bond acceptors (Lipinski definition) is 3. The van der Waals surface area contributed by atoms with Gasteiger partial charge < -0.3 is 15.4 Å². The molecule has 0 aliphatic carbocycles. The highest BCUT2D eigenvalue weighted by Gasteiger charge is 2.29. The molecular formula is C22H17FN2O3. The van der Waals surface area contributed by atoms with Crippen molar-refractivity contribution in [1.82, 2.24) is 0 Å². The predicted molar refractivity (Wildman–Crippen MR) is 104 cm³/mol. The van der Waals surface area contributed by atoms with Gasteiger partial charge in [-0.05, 0) is 48.0 Å². The molecule has 1 aliphatic heterocycles. The van der Waals surface area contributed by atoms with Crippen molar-refractivity contribution < 1.29 is 18.7 Å². The fraction of sp³-hybridized carbons (Fsp3) is 0.0909. The Hall–Kier alpha value is -3.67. The minimum atomic E-state index is -0.648. The fourth-order valence-corrected chi connectivity index (χ4v) is 3.06. The number of hydrogen-bond donors (Lipinski definition) is 2. The number of amides is 2. The van der Waals surface area contributed by atoms with E-state index < -0.39 is 12.0 Å². The van der Waals surface area contributed by atoms with E-state index in [1.165, 1.54) is 24.3 Å². The second kappa shape index (κ2) is 7.52. The second-order valence-corrected chi connectivity index (χ2v) is 6.41. The Bertz CT molecular complexity index is 1010. The number of carbonyl (C=O) groups is 2. The topological polar surface area (TPSA) is 67.4 Å². The van der Waals surface area contributed by atoms with Gasteiger partial charge in [-0.25, -0.2) is 4.39 Å². The molecule has 140 valence electrons. The van der Waals surface area contributed by atoms with E-state index in [0.717, 1.165) is 5.56 Å². The van der Waals surface area contributed by atoms with Crippen LogP contribution in [0.2, 0.25) is 0 Å². The first-order valence-corrected chi connectivity index (χ1v) is 8.81. The number of halogens is 1. The first kappa shape index (κ1) is 17.7. The summed E-state index contributed by atoms with van der Waals surface area (Å²) in [6.45, 7) is 0. The van der Waals surface area contributed by atoms with E-state index in [1.54, 1.807) is 24.3 Å². The molecule has 4 rings (SSSR count). The van der Waals surface area contributed by atoms with E-state index in [9.17, 15) is 14.0 Å². The molecule has 0 spiro atoms. The summed E-state index contributed by atoms with van der Waals surface area (Å²) in [7, 11) is 0. The lowest BCUT2D eigenvalue weighted by Gasteiger charge is -2.14. The predicted octanol–water partition coefficient (Wildman–Crippen LogP) is 4.02. The van der Waals surface area contributed by atoms with Crippen LogP contribution in [0.15, 0.2) is 72.8 Å². The smallest absolute Gasteiger partial charge is 0.265 e. The lowest BCUT2D eigenvalue weighted by atomic mass is 10.1. The first-order valence-electron chi connectivity index (χ1n) is 8.81. The summed E-state index contributed by atoms with van der Waals surface area (Å²) in [5, 5.41) is 5.47. The van der Waals surface area contributed by atoms with Crippen LogP contribution < -0.4 is 15.4 Å². The van der Waals surface area contributed by atoms with Gasteiger partial charge in [-0.1, -0.05) is 30.3 Å². The highest BCUT2D eigenvalue weighted by Crippen LogP contribution is 2.29. The van der Waals surface area contributed by atoms with Gasteiger partial charge in [0.15, 0.2) is 6.10 Å². The molecule has 28 heavy (non-hydrogen) atoms. The lowest BCUT2D eigenvalue weighted by Crippen LogP contribution is -2.32. The van der Waals surface area contributed by atoms with E-state index >= 15 is 0 Å². The molecule has 0 saturated carbocycles. The van der Waals surface area contributed by atoms with Crippen LogP contribution in [0.3, 0.4) is 0 Å². The van der Waals surface area contributed by atoms with Gasteiger partial charge >= 0.3 is 0 Å². The molecular weight excluding hydrogens is 359 g/mol. The number of anilines is 2. The molecule has 0 fully saturated rings. The summed E-state index contributed by atoms with van der Waals surface area (Å²) < 4.78 is 18.7. The third-order valence-corrected chi connectivity index (χ3v) is 4.47. The number of ether oxygens (including phenoxy) is 1. The van der Waals surface area contributed by atoms with Crippen LogP contribution in [-0.4, -0.2) is 17.9 Å². The van der Waals surface area contributed by atoms with E-state index in [0.29, 0.717) is 29.1 Å². The van der Waals surface area contributed by atoms with Crippen molar-refractivity contribution >= 4 is 23.2 Å². The summed E-state index contributed by atoms with van der Waals surface area (Å²) in [6, 6.07) is 19.7. The number of rotatable bonds is 4. The molecule has 1 aliphatic rings. The summed E-state index contributed by atoms with van der Waals surface area (Å²) in [4.78, 5) is 25.3. The Morgan fingerprint density at radius 1 is 0.893 bits per heavy atom. The molecule has 1 atom stereocenters. The highest BCUT2D eigenvalue weighted by molar-refractivity contribution is 6.10. The number of fused-ring (bicyclic) bond motifs is 1. The molecule has 1 heterocycles. The van der Waals surface area contributed by atoms with Gasteiger partial charge in [0.1, 0.15) is 11.6 Å². The second-order valence-electron chi connectivity index (χ2n) is 6.41. The average Bonchev–Trinajstić information content (AvgIpc) is 3.14. The molecule has 0 bridgehead atoms. The van der Waals surface area contributed by atoms with Crippen molar-refractivity contribution in [1.29, 1.82) is 0 Å². The largest absolute Gasteiger partial charge is 0.480 e. The normalized spacial score (nSPS) is 14.7. The molecule has 1 unspecified atom stereocenters. The highest BCUT2D eigenvalue weighted by atomic mass is 19.1. The third kappa shape index (κ3) is 3.71. The van der Waals surface area contributed by atoms with Crippen LogP contribution in [0.1, 0.15) is 15.9 Å². The quantitative estimate of drug-likeness (QED) is 0.723. The zero-order valence-corrected chi connectivity index (χ0v) is 14.8. The fourth-order valence-electron chi connectivity index (χ4n) is 3.06. The maximum Gasteiger partial charge on any atom is 0.265 e. The zero-order valence-electron chi connectivity index (χ0n) is 14.8. The Morgan fingerprint density at radius 3 is 2.39 bits per heavy atom. The van der Waals surface area contributed by atoms with Crippen LogP contribution in [0.5, 0.6) is 5.75 Å². The van der Waals surface area contributed by atoms with Gasteiger partial charge in [-0.15, -0.1) is 0 Å². The first-order chi connectivity index (χ1) is 13.6. The van der Waals surface area contributed by atoms with Crippen LogP contribution >= 0.6 is 0 Å². The minimum Gasteiger partial charge on any atom is -0.480 e. The monoisotopic (exact) mass is 376 g/mol. The maximum atomic E-state index is 13.0. The summed E-state index contributed by atoms with van der Waals surface area (Å²) in [6.07, 6.45) is -0.169. The standard InChI is InChI=1S/C22H17FN2O3/c23-15-9-11-16(12-10-15)24-21(26)17-6-2-3-7-18(17)25-22(27)20-13-14-5-1-4-8-19(14)28-20/h1-12,20H,13H2,(H,24,26)(H,25,27). The average molecular weight is 376 g/mol. The molecule has 0 saturated heterocycles. The van der Waals surface area contributed by atoms with E-state index in [4.69, 9.17) is 4.74 Å². The summed E-state index contributed by atoms with van der Waals surface area (Å²) in [5.41, 5.74) is 2.12. The summed E-state index contributed by atoms with van der Waals surface area (Å²) >= 11 is 0. The number of benzene rings is 3. The molecule has 2 amide bonds. The van der Waals surface area contributed by atoms with E-state index in [2.05, 4.69) is 10.6 Å². The molecule has 0 aromatic heterocycles. The van der Waals surface area contributed by atoms with Gasteiger partial charge in [0.2, 0.25) is 0 Å². The molecule has 2 N–H and O–H groups in total. The van der Waals surface area contributed by atoms with Crippen molar-refractivity contribution in [3.8, 4) is 5.75 Å². The van der Waals surface area contributed by atoms with Crippen LogP contribution in [0.25, 0.3) is 0 Å². The lowest BCUT2D eigenvalue weighted by molar-refractivity contribution is -0.122. The maximum absolute atomic E-state index is 13.0. The van der Waals surface area contributed by atoms with Gasteiger partial charge in [-0.2, -0.15) is 0 Å². The Kier molecular flexibility index (Phi) is 4.76. The van der Waals surface area contributed by atoms with Crippen molar-refractivity contribution in [2.24, 2.45) is 0 Å². The third-order valence-electron chi connectivity index (χ3n) is 4.47. The Labute approximate surface area is 161 Å². The van der Waals surface area contributed by atoms with Crippen molar-refractivity contribution in [3.63, 3.8) is 0 Å². The van der Waals surface area contributed by atoms with E-state index in [1.807, 2.05) is 24.3 Å². The Balaban J connectivity index is 1.48. The molecule has 5 nitrogen and oxygen atoms in total. The van der Waals surface area contributed by atoms with E-state index in [-0.39, 0.29) is 11.7 Å². The van der Waals surface area contributed by atoms with Gasteiger partial charge in [0, 0.05) is 12.1 Å². The zero-order chi connectivity index (χ0) is 19.5. The van der Waals surface area contributed by atoms with Crippen LogP contribution in [-0.2, 0) is 11.2 Å². The van der Waals surface area contributed by atoms with Gasteiger partial charge in [0.25, 0.3) is 11.8 Å². The van der Waals surface area contributed by atoms with Gasteiger partial charge in [0.05, 0.1) is 11.3 Å². The van der Waals surface area contributed by atoms with Crippen molar-refractivity contribution in [2.45, 2.75) is 12.5 Å². The number of carbonyl (C=O) groups excluding carboxylic acids is 2. The minimum absolute atomic E-state index is 0.302. The molecule has 0 radical (unpaired) electrons. The van der Waals surface area contributed by atoms with Crippen LogP contribution in [0.4, 0.5) is 15.8 Å². The number of para-hydroxylation sites is 2. The van der Waals surface area contributed by atoms with Crippen molar-refractivity contribution in [2.75, 3.05) is 10.6 Å². The molecule has 6 heteroatoms. The van der Waals surface area contributed by atoms with Crippen molar-refractivity contribution in [3.05, 3.63) is 89.7 Å². The Morgan fingerprint density at radius 2 is 1.61 bits per heavy atom. The molecule has 3 aromatic rings. The molecule has 3 aromatic carbocycles. The van der Waals surface area contributed by atoms with Gasteiger partial charge in [-0.3, -0.25) is 9.59 Å². The van der Waals surface area contributed by atoms with Crippen LogP contribution in [0, 0.1) is 5.82 Å². The number of nitrogens with one attached hydrogen (secondary N) is 2. The summed E-state index contributed by atoms with van der Waals surface area (Å²) in [5.74, 6) is -0.412. The SMILES string of the molecule is O=C(Nc1ccc(F)cc1)c1ccccc1NC(=O)C1Cc2ccccc2O1.